The quantitative estimate of drug-likeness (QED) is 0.809. The number of para-hydroxylation sites is 1. The zero-order valence-corrected chi connectivity index (χ0v) is 12.8. The number of hydrogen-bond acceptors (Lipinski definition) is 3. The molecule has 116 valence electrons. The molecule has 0 heterocycles. The molecule has 1 unspecified atom stereocenters. The third-order valence-electron chi connectivity index (χ3n) is 2.93. The van der Waals surface area contributed by atoms with Gasteiger partial charge in [-0.15, -0.1) is 0 Å². The molecular weight excluding hydrogens is 270 g/mol. The smallest absolute Gasteiger partial charge is 0.326 e. The predicted octanol–water partition coefficient (Wildman–Crippen LogP) is 2.46. The Morgan fingerprint density at radius 2 is 1.86 bits per heavy atom. The van der Waals surface area contributed by atoms with Gasteiger partial charge in [0.1, 0.15) is 11.8 Å². The second-order valence-corrected chi connectivity index (χ2v) is 6.16. The van der Waals surface area contributed by atoms with Crippen LogP contribution < -0.4 is 10.1 Å². The van der Waals surface area contributed by atoms with E-state index in [9.17, 15) is 9.59 Å². The van der Waals surface area contributed by atoms with Gasteiger partial charge in [0.15, 0.2) is 6.61 Å². The van der Waals surface area contributed by atoms with Gasteiger partial charge >= 0.3 is 5.97 Å². The van der Waals surface area contributed by atoms with Crippen molar-refractivity contribution >= 4 is 11.9 Å². The van der Waals surface area contributed by atoms with E-state index in [4.69, 9.17) is 9.84 Å². The van der Waals surface area contributed by atoms with Gasteiger partial charge in [-0.3, -0.25) is 4.79 Å². The lowest BCUT2D eigenvalue weighted by atomic mass is 9.88. The molecule has 0 aliphatic rings. The van der Waals surface area contributed by atoms with Crippen molar-refractivity contribution in [2.45, 2.75) is 39.7 Å². The second-order valence-electron chi connectivity index (χ2n) is 6.16. The molecule has 0 aromatic heterocycles. The number of carbonyl (C=O) groups is 2. The van der Waals surface area contributed by atoms with E-state index >= 15 is 0 Å². The summed E-state index contributed by atoms with van der Waals surface area (Å²) in [5.41, 5.74) is 0.0268. The number of carboxylic acid groups (broad SMARTS) is 1. The molecule has 21 heavy (non-hydrogen) atoms. The monoisotopic (exact) mass is 293 g/mol. The lowest BCUT2D eigenvalue weighted by Gasteiger charge is -2.21. The zero-order chi connectivity index (χ0) is 15.9. The van der Waals surface area contributed by atoms with Crippen LogP contribution in [0.5, 0.6) is 5.75 Å². The highest BCUT2D eigenvalue weighted by Gasteiger charge is 2.22. The summed E-state index contributed by atoms with van der Waals surface area (Å²) in [5, 5.41) is 11.6. The molecule has 0 saturated heterocycles. The topological polar surface area (TPSA) is 75.6 Å². The van der Waals surface area contributed by atoms with Gasteiger partial charge in [-0.25, -0.2) is 4.79 Å². The van der Waals surface area contributed by atoms with Crippen LogP contribution in [0.15, 0.2) is 30.3 Å². The van der Waals surface area contributed by atoms with Crippen molar-refractivity contribution < 1.29 is 19.4 Å². The van der Waals surface area contributed by atoms with E-state index in [2.05, 4.69) is 5.32 Å². The Bertz CT molecular complexity index is 465. The summed E-state index contributed by atoms with van der Waals surface area (Å²) >= 11 is 0. The van der Waals surface area contributed by atoms with E-state index in [0.29, 0.717) is 18.6 Å². The Labute approximate surface area is 125 Å². The van der Waals surface area contributed by atoms with Crippen molar-refractivity contribution in [2.24, 2.45) is 5.41 Å². The molecule has 1 amide bonds. The van der Waals surface area contributed by atoms with E-state index in [1.165, 1.54) is 0 Å². The first-order chi connectivity index (χ1) is 9.78. The minimum Gasteiger partial charge on any atom is -0.484 e. The SMILES string of the molecule is CC(C)(C)CCC(NC(=O)COc1ccccc1)C(=O)O. The first-order valence-corrected chi connectivity index (χ1v) is 6.98. The summed E-state index contributed by atoms with van der Waals surface area (Å²) in [6.45, 7) is 5.91. The summed E-state index contributed by atoms with van der Waals surface area (Å²) in [4.78, 5) is 22.9. The van der Waals surface area contributed by atoms with Gasteiger partial charge in [-0.1, -0.05) is 39.0 Å². The molecule has 0 fully saturated rings. The van der Waals surface area contributed by atoms with Crippen LogP contribution in [0.4, 0.5) is 0 Å². The summed E-state index contributed by atoms with van der Waals surface area (Å²) in [6.07, 6.45) is 1.11. The number of amides is 1. The molecule has 1 aromatic rings. The van der Waals surface area contributed by atoms with Gasteiger partial charge in [0, 0.05) is 0 Å². The molecule has 0 aliphatic heterocycles. The maximum Gasteiger partial charge on any atom is 0.326 e. The number of ether oxygens (including phenoxy) is 1. The van der Waals surface area contributed by atoms with Crippen molar-refractivity contribution in [3.05, 3.63) is 30.3 Å². The van der Waals surface area contributed by atoms with Crippen LogP contribution >= 0.6 is 0 Å². The summed E-state index contributed by atoms with van der Waals surface area (Å²) in [5.74, 6) is -0.873. The molecule has 0 spiro atoms. The Balaban J connectivity index is 2.43. The largest absolute Gasteiger partial charge is 0.484 e. The fourth-order valence-electron chi connectivity index (χ4n) is 1.74. The van der Waals surface area contributed by atoms with Crippen molar-refractivity contribution in [3.63, 3.8) is 0 Å². The Hall–Kier alpha value is -2.04. The van der Waals surface area contributed by atoms with E-state index in [1.54, 1.807) is 24.3 Å². The van der Waals surface area contributed by atoms with Crippen LogP contribution in [0.25, 0.3) is 0 Å². The lowest BCUT2D eigenvalue weighted by Crippen LogP contribution is -2.43. The van der Waals surface area contributed by atoms with Crippen molar-refractivity contribution in [3.8, 4) is 5.75 Å². The van der Waals surface area contributed by atoms with Crippen LogP contribution in [0.2, 0.25) is 0 Å². The Morgan fingerprint density at radius 3 is 2.38 bits per heavy atom. The second kappa shape index (κ2) is 7.67. The fourth-order valence-corrected chi connectivity index (χ4v) is 1.74. The minimum atomic E-state index is -1.02. The van der Waals surface area contributed by atoms with Gasteiger partial charge in [0.05, 0.1) is 0 Å². The van der Waals surface area contributed by atoms with Gasteiger partial charge < -0.3 is 15.2 Å². The predicted molar refractivity (Wildman–Crippen MR) is 80.2 cm³/mol. The van der Waals surface area contributed by atoms with Crippen LogP contribution in [0.1, 0.15) is 33.6 Å². The number of carbonyl (C=O) groups excluding carboxylic acids is 1. The standard InChI is InChI=1S/C16H23NO4/c1-16(2,3)10-9-13(15(19)20)17-14(18)11-21-12-7-5-4-6-8-12/h4-8,13H,9-11H2,1-3H3,(H,17,18)(H,19,20). The Morgan fingerprint density at radius 1 is 1.24 bits per heavy atom. The first kappa shape index (κ1) is 17.0. The molecule has 2 N–H and O–H groups in total. The van der Waals surface area contributed by atoms with Crippen molar-refractivity contribution in [1.29, 1.82) is 0 Å². The molecular formula is C16H23NO4. The number of aliphatic carboxylic acids is 1. The number of benzene rings is 1. The van der Waals surface area contributed by atoms with E-state index in [1.807, 2.05) is 26.8 Å². The highest BCUT2D eigenvalue weighted by molar-refractivity contribution is 5.84. The Kier molecular flexibility index (Phi) is 6.21. The molecule has 0 bridgehead atoms. The van der Waals surface area contributed by atoms with E-state index in [-0.39, 0.29) is 12.0 Å². The van der Waals surface area contributed by atoms with Crippen LogP contribution in [0.3, 0.4) is 0 Å². The van der Waals surface area contributed by atoms with Crippen molar-refractivity contribution in [1.82, 2.24) is 5.32 Å². The average Bonchev–Trinajstić information content (AvgIpc) is 2.41. The third kappa shape index (κ3) is 7.34. The lowest BCUT2D eigenvalue weighted by molar-refractivity contribution is -0.142. The summed E-state index contributed by atoms with van der Waals surface area (Å²) in [6, 6.07) is 8.05. The molecule has 0 aliphatic carbocycles. The van der Waals surface area contributed by atoms with E-state index in [0.717, 1.165) is 0 Å². The van der Waals surface area contributed by atoms with Crippen LogP contribution in [-0.4, -0.2) is 29.6 Å². The molecule has 0 saturated carbocycles. The maximum atomic E-state index is 11.8. The van der Waals surface area contributed by atoms with E-state index < -0.39 is 17.9 Å². The number of hydrogen-bond donors (Lipinski definition) is 2. The highest BCUT2D eigenvalue weighted by Crippen LogP contribution is 2.21. The maximum absolute atomic E-state index is 11.8. The van der Waals surface area contributed by atoms with Crippen LogP contribution in [-0.2, 0) is 9.59 Å². The third-order valence-corrected chi connectivity index (χ3v) is 2.93. The van der Waals surface area contributed by atoms with Gasteiger partial charge in [0.2, 0.25) is 0 Å². The first-order valence-electron chi connectivity index (χ1n) is 6.98. The summed E-state index contributed by atoms with van der Waals surface area (Å²) in [7, 11) is 0. The molecule has 5 nitrogen and oxygen atoms in total. The van der Waals surface area contributed by atoms with Gasteiger partial charge in [-0.2, -0.15) is 0 Å². The minimum absolute atomic E-state index is 0.0268. The average molecular weight is 293 g/mol. The highest BCUT2D eigenvalue weighted by atomic mass is 16.5. The number of rotatable bonds is 7. The van der Waals surface area contributed by atoms with Gasteiger partial charge in [-0.05, 0) is 30.4 Å². The number of carboxylic acids is 1. The molecule has 1 atom stereocenters. The molecule has 0 radical (unpaired) electrons. The fraction of sp³-hybridized carbons (Fsp3) is 0.500. The molecule has 5 heteroatoms. The van der Waals surface area contributed by atoms with Crippen LogP contribution in [0, 0.1) is 5.41 Å². The molecule has 1 rings (SSSR count). The summed E-state index contributed by atoms with van der Waals surface area (Å²) < 4.78 is 5.29. The molecule has 1 aromatic carbocycles. The zero-order valence-electron chi connectivity index (χ0n) is 12.8. The number of nitrogens with one attached hydrogen (secondary N) is 1. The van der Waals surface area contributed by atoms with Crippen molar-refractivity contribution in [2.75, 3.05) is 6.61 Å². The van der Waals surface area contributed by atoms with Gasteiger partial charge in [0.25, 0.3) is 5.91 Å². The normalized spacial score (nSPS) is 12.5.